The first-order valence-electron chi connectivity index (χ1n) is 7.31. The largest absolute Gasteiger partial charge is 0.283 e. The molecule has 0 radical (unpaired) electrons. The number of nitrogens with zero attached hydrogens (tertiary/aromatic N) is 3. The van der Waals surface area contributed by atoms with Crippen LogP contribution < -0.4 is 5.56 Å². The molecule has 4 nitrogen and oxygen atoms in total. The first-order valence-corrected chi connectivity index (χ1v) is 9.11. The van der Waals surface area contributed by atoms with Gasteiger partial charge >= 0.3 is 0 Å². The summed E-state index contributed by atoms with van der Waals surface area (Å²) in [5.41, 5.74) is 1.21. The van der Waals surface area contributed by atoms with E-state index in [-0.39, 0.29) is 11.3 Å². The lowest BCUT2D eigenvalue weighted by Crippen LogP contribution is -2.23. The Bertz CT molecular complexity index is 828. The lowest BCUT2D eigenvalue weighted by atomic mass is 9.89. The van der Waals surface area contributed by atoms with E-state index in [1.54, 1.807) is 22.0 Å². The zero-order valence-corrected chi connectivity index (χ0v) is 14.1. The molecule has 2 aromatic heterocycles. The van der Waals surface area contributed by atoms with Gasteiger partial charge in [0.2, 0.25) is 0 Å². The van der Waals surface area contributed by atoms with Crippen LogP contribution in [-0.4, -0.2) is 15.3 Å². The number of aromatic nitrogens is 2. The molecule has 2 heterocycles. The molecule has 0 unspecified atom stereocenters. The van der Waals surface area contributed by atoms with Crippen molar-refractivity contribution in [3.63, 3.8) is 0 Å². The van der Waals surface area contributed by atoms with Crippen LogP contribution in [0.3, 0.4) is 0 Å². The minimum Gasteiger partial charge on any atom is -0.283 e. The molecule has 1 aliphatic rings. The van der Waals surface area contributed by atoms with Crippen LogP contribution in [0.25, 0.3) is 10.2 Å². The van der Waals surface area contributed by atoms with Gasteiger partial charge < -0.3 is 0 Å². The highest BCUT2D eigenvalue weighted by Gasteiger charge is 2.24. The Kier molecular flexibility index (Phi) is 4.37. The van der Waals surface area contributed by atoms with Gasteiger partial charge in [-0.1, -0.05) is 24.8 Å². The number of nitriles is 1. The second-order valence-electron chi connectivity index (χ2n) is 5.58. The zero-order chi connectivity index (χ0) is 15.7. The van der Waals surface area contributed by atoms with Crippen LogP contribution in [0.5, 0.6) is 0 Å². The standard InChI is InChI=1S/C16H17N3OS2/c1-3-7-19-15(20)13-11-5-4-10(2)9-12(11)22-14(13)18-16(19)21-8-6-17/h3,10H,1,4-5,7-9H2,2H3/t10-/m1/s1. The van der Waals surface area contributed by atoms with E-state index in [1.165, 1.54) is 22.2 Å². The van der Waals surface area contributed by atoms with Crippen molar-refractivity contribution >= 4 is 33.3 Å². The van der Waals surface area contributed by atoms with Crippen LogP contribution in [-0.2, 0) is 19.4 Å². The molecule has 0 amide bonds. The number of allylic oxidation sites excluding steroid dienone is 1. The van der Waals surface area contributed by atoms with E-state index in [9.17, 15) is 4.79 Å². The van der Waals surface area contributed by atoms with Crippen molar-refractivity contribution in [2.45, 2.75) is 37.9 Å². The Morgan fingerprint density at radius 2 is 2.45 bits per heavy atom. The molecular weight excluding hydrogens is 314 g/mol. The number of aryl methyl sites for hydroxylation is 1. The van der Waals surface area contributed by atoms with E-state index in [4.69, 9.17) is 5.26 Å². The van der Waals surface area contributed by atoms with Crippen molar-refractivity contribution < 1.29 is 0 Å². The minimum absolute atomic E-state index is 0.0115. The molecule has 0 saturated heterocycles. The molecule has 6 heteroatoms. The van der Waals surface area contributed by atoms with E-state index in [0.29, 0.717) is 17.6 Å². The summed E-state index contributed by atoms with van der Waals surface area (Å²) in [7, 11) is 0. The van der Waals surface area contributed by atoms with E-state index < -0.39 is 0 Å². The molecule has 0 fully saturated rings. The van der Waals surface area contributed by atoms with Crippen LogP contribution in [0.15, 0.2) is 22.6 Å². The first-order chi connectivity index (χ1) is 10.7. The average Bonchev–Trinajstić information content (AvgIpc) is 2.85. The highest BCUT2D eigenvalue weighted by molar-refractivity contribution is 7.99. The lowest BCUT2D eigenvalue weighted by molar-refractivity contribution is 0.509. The van der Waals surface area contributed by atoms with Crippen molar-refractivity contribution in [3.05, 3.63) is 33.4 Å². The Morgan fingerprint density at radius 3 is 3.18 bits per heavy atom. The van der Waals surface area contributed by atoms with Crippen molar-refractivity contribution in [2.75, 3.05) is 5.75 Å². The Balaban J connectivity index is 2.22. The van der Waals surface area contributed by atoms with Gasteiger partial charge in [-0.2, -0.15) is 5.26 Å². The first kappa shape index (κ1) is 15.3. The molecule has 2 aromatic rings. The van der Waals surface area contributed by atoms with Crippen LogP contribution >= 0.6 is 23.1 Å². The summed E-state index contributed by atoms with van der Waals surface area (Å²) in [6.07, 6.45) is 4.83. The number of fused-ring (bicyclic) bond motifs is 3. The van der Waals surface area contributed by atoms with E-state index in [2.05, 4.69) is 24.6 Å². The molecule has 0 spiro atoms. The molecule has 0 saturated carbocycles. The second kappa shape index (κ2) is 6.27. The fraction of sp³-hybridized carbons (Fsp3) is 0.438. The highest BCUT2D eigenvalue weighted by atomic mass is 32.2. The lowest BCUT2D eigenvalue weighted by Gasteiger charge is -2.17. The van der Waals surface area contributed by atoms with Crippen molar-refractivity contribution in [1.29, 1.82) is 5.26 Å². The number of hydrogen-bond acceptors (Lipinski definition) is 5. The van der Waals surface area contributed by atoms with Crippen molar-refractivity contribution in [1.82, 2.24) is 9.55 Å². The molecule has 0 aliphatic heterocycles. The van der Waals surface area contributed by atoms with Gasteiger partial charge in [-0.3, -0.25) is 9.36 Å². The zero-order valence-electron chi connectivity index (χ0n) is 12.5. The number of thiophene rings is 1. The Hall–Kier alpha value is -1.58. The maximum atomic E-state index is 12.9. The summed E-state index contributed by atoms with van der Waals surface area (Å²) in [5.74, 6) is 0.959. The molecular formula is C16H17N3OS2. The predicted octanol–water partition coefficient (Wildman–Crippen LogP) is 3.38. The van der Waals surface area contributed by atoms with Crippen molar-refractivity contribution in [3.8, 4) is 6.07 Å². The molecule has 0 aromatic carbocycles. The average molecular weight is 331 g/mol. The van der Waals surface area contributed by atoms with Gasteiger partial charge in [0.25, 0.3) is 5.56 Å². The van der Waals surface area contributed by atoms with Crippen LogP contribution in [0.2, 0.25) is 0 Å². The summed E-state index contributed by atoms with van der Waals surface area (Å²) >= 11 is 2.96. The van der Waals surface area contributed by atoms with E-state index >= 15 is 0 Å². The number of rotatable bonds is 4. The van der Waals surface area contributed by atoms with E-state index in [1.807, 2.05) is 0 Å². The maximum absolute atomic E-state index is 12.9. The third-order valence-electron chi connectivity index (χ3n) is 3.96. The van der Waals surface area contributed by atoms with Gasteiger partial charge in [-0.25, -0.2) is 4.98 Å². The normalized spacial score (nSPS) is 17.2. The van der Waals surface area contributed by atoms with Gasteiger partial charge in [-0.15, -0.1) is 17.9 Å². The summed E-state index contributed by atoms with van der Waals surface area (Å²) in [4.78, 5) is 19.7. The van der Waals surface area contributed by atoms with Gasteiger partial charge in [0, 0.05) is 11.4 Å². The van der Waals surface area contributed by atoms with Crippen LogP contribution in [0, 0.1) is 17.2 Å². The topological polar surface area (TPSA) is 58.7 Å². The Morgan fingerprint density at radius 1 is 1.64 bits per heavy atom. The molecule has 114 valence electrons. The summed E-state index contributed by atoms with van der Waals surface area (Å²) in [6, 6.07) is 2.09. The smallest absolute Gasteiger partial charge is 0.263 e. The molecule has 0 N–H and O–H groups in total. The highest BCUT2D eigenvalue weighted by Crippen LogP contribution is 2.36. The summed E-state index contributed by atoms with van der Waals surface area (Å²) in [6.45, 7) is 6.41. The monoisotopic (exact) mass is 331 g/mol. The van der Waals surface area contributed by atoms with E-state index in [0.717, 1.165) is 29.5 Å². The molecule has 3 rings (SSSR count). The SMILES string of the molecule is C=CCn1c(SCC#N)nc2sc3c(c2c1=O)CC[C@@H](C)C3. The van der Waals surface area contributed by atoms with Crippen molar-refractivity contribution in [2.24, 2.45) is 5.92 Å². The van der Waals surface area contributed by atoms with Crippen LogP contribution in [0.4, 0.5) is 0 Å². The molecule has 1 aliphatic carbocycles. The van der Waals surface area contributed by atoms with Gasteiger partial charge in [0.15, 0.2) is 5.16 Å². The van der Waals surface area contributed by atoms with Crippen LogP contribution in [0.1, 0.15) is 23.8 Å². The summed E-state index contributed by atoms with van der Waals surface area (Å²) < 4.78 is 1.64. The quantitative estimate of drug-likeness (QED) is 0.489. The second-order valence-corrected chi connectivity index (χ2v) is 7.60. The predicted molar refractivity (Wildman–Crippen MR) is 91.6 cm³/mol. The minimum atomic E-state index is 0.0115. The fourth-order valence-corrected chi connectivity index (χ4v) is 5.00. The molecule has 1 atom stereocenters. The number of thioether (sulfide) groups is 1. The summed E-state index contributed by atoms with van der Waals surface area (Å²) in [5, 5.41) is 10.2. The maximum Gasteiger partial charge on any atom is 0.263 e. The Labute approximate surface area is 137 Å². The third-order valence-corrected chi connectivity index (χ3v) is 5.95. The fourth-order valence-electron chi connectivity index (χ4n) is 2.90. The van der Waals surface area contributed by atoms with Gasteiger partial charge in [0.05, 0.1) is 17.2 Å². The van der Waals surface area contributed by atoms with Gasteiger partial charge in [0.1, 0.15) is 4.83 Å². The van der Waals surface area contributed by atoms with Gasteiger partial charge in [-0.05, 0) is 30.7 Å². The third kappa shape index (κ3) is 2.59. The number of hydrogen-bond donors (Lipinski definition) is 0. The molecule has 22 heavy (non-hydrogen) atoms. The molecule has 0 bridgehead atoms.